The van der Waals surface area contributed by atoms with Gasteiger partial charge in [0.05, 0.1) is 12.6 Å². The van der Waals surface area contributed by atoms with Gasteiger partial charge in [0.15, 0.2) is 0 Å². The predicted molar refractivity (Wildman–Crippen MR) is 67.1 cm³/mol. The smallest absolute Gasteiger partial charge is 0.239 e. The number of hydrogen-bond acceptors (Lipinski definition) is 3. The molecule has 1 amide bonds. The lowest BCUT2D eigenvalue weighted by molar-refractivity contribution is -0.133. The van der Waals surface area contributed by atoms with Gasteiger partial charge < -0.3 is 15.2 Å². The lowest BCUT2D eigenvalue weighted by atomic mass is 9.99. The number of likely N-dealkylation sites (N-methyl/N-ethyl adjacent to an activating group) is 1. The van der Waals surface area contributed by atoms with Crippen LogP contribution in [0.25, 0.3) is 0 Å². The summed E-state index contributed by atoms with van der Waals surface area (Å²) in [6, 6.07) is -0.426. The van der Waals surface area contributed by atoms with Crippen molar-refractivity contribution in [3.05, 3.63) is 18.2 Å². The highest BCUT2D eigenvalue weighted by molar-refractivity contribution is 5.81. The number of nitrogens with two attached hydrogens (primary N) is 1. The summed E-state index contributed by atoms with van der Waals surface area (Å²) >= 11 is 0. The summed E-state index contributed by atoms with van der Waals surface area (Å²) in [5.74, 6) is 1.03. The molecule has 17 heavy (non-hydrogen) atoms. The lowest BCUT2D eigenvalue weighted by Gasteiger charge is -2.24. The first-order valence-corrected chi connectivity index (χ1v) is 5.94. The topological polar surface area (TPSA) is 64.2 Å². The minimum absolute atomic E-state index is 0.0256. The summed E-state index contributed by atoms with van der Waals surface area (Å²) in [7, 11) is 3.68. The molecular formula is C12H22N4O. The molecule has 1 aromatic heterocycles. The van der Waals surface area contributed by atoms with Crippen LogP contribution < -0.4 is 5.73 Å². The predicted octanol–water partition coefficient (Wildman–Crippen LogP) is 0.752. The number of hydrogen-bond donors (Lipinski definition) is 1. The van der Waals surface area contributed by atoms with Gasteiger partial charge in [-0.25, -0.2) is 4.98 Å². The Kier molecular flexibility index (Phi) is 4.69. The van der Waals surface area contributed by atoms with Crippen LogP contribution in [0.5, 0.6) is 0 Å². The molecule has 1 unspecified atom stereocenters. The van der Waals surface area contributed by atoms with Gasteiger partial charge in [0.1, 0.15) is 5.82 Å². The molecule has 5 nitrogen and oxygen atoms in total. The Morgan fingerprint density at radius 2 is 2.29 bits per heavy atom. The molecule has 0 aromatic carbocycles. The summed E-state index contributed by atoms with van der Waals surface area (Å²) in [5, 5.41) is 0. The third-order valence-corrected chi connectivity index (χ3v) is 3.22. The molecule has 96 valence electrons. The highest BCUT2D eigenvalue weighted by Crippen LogP contribution is 2.09. The van der Waals surface area contributed by atoms with Crippen LogP contribution in [-0.4, -0.2) is 33.4 Å². The molecule has 0 aliphatic carbocycles. The van der Waals surface area contributed by atoms with Crippen molar-refractivity contribution in [3.8, 4) is 0 Å². The van der Waals surface area contributed by atoms with E-state index < -0.39 is 6.04 Å². The van der Waals surface area contributed by atoms with E-state index in [-0.39, 0.29) is 11.8 Å². The first-order valence-electron chi connectivity index (χ1n) is 5.94. The molecule has 0 aliphatic rings. The number of imidazole rings is 1. The van der Waals surface area contributed by atoms with Crippen molar-refractivity contribution in [2.24, 2.45) is 18.7 Å². The fraction of sp³-hybridized carbons (Fsp3) is 0.667. The molecule has 0 spiro atoms. The second-order valence-corrected chi connectivity index (χ2v) is 4.56. The van der Waals surface area contributed by atoms with E-state index in [1.54, 1.807) is 18.1 Å². The van der Waals surface area contributed by atoms with Gasteiger partial charge in [0.25, 0.3) is 0 Å². The third-order valence-electron chi connectivity index (χ3n) is 3.22. The fourth-order valence-corrected chi connectivity index (χ4v) is 1.59. The Bertz CT molecular complexity index is 374. The van der Waals surface area contributed by atoms with E-state index in [0.29, 0.717) is 6.54 Å². The first kappa shape index (κ1) is 13.7. The zero-order chi connectivity index (χ0) is 13.0. The van der Waals surface area contributed by atoms with Gasteiger partial charge in [-0.3, -0.25) is 4.79 Å². The van der Waals surface area contributed by atoms with Crippen molar-refractivity contribution in [2.75, 3.05) is 7.05 Å². The Morgan fingerprint density at radius 1 is 1.65 bits per heavy atom. The number of nitrogens with zero attached hydrogens (tertiary/aromatic N) is 3. The molecule has 0 saturated carbocycles. The van der Waals surface area contributed by atoms with Crippen LogP contribution in [-0.2, 0) is 18.4 Å². The third kappa shape index (κ3) is 3.30. The van der Waals surface area contributed by atoms with Crippen molar-refractivity contribution in [3.63, 3.8) is 0 Å². The van der Waals surface area contributed by atoms with E-state index in [0.717, 1.165) is 12.2 Å². The maximum absolute atomic E-state index is 12.0. The number of carbonyl (C=O) groups is 1. The van der Waals surface area contributed by atoms with Gasteiger partial charge in [-0.2, -0.15) is 0 Å². The molecule has 0 saturated heterocycles. The minimum Gasteiger partial charge on any atom is -0.337 e. The van der Waals surface area contributed by atoms with Gasteiger partial charge in [-0.15, -0.1) is 0 Å². The van der Waals surface area contributed by atoms with Gasteiger partial charge in [-0.05, 0) is 5.92 Å². The van der Waals surface area contributed by atoms with Crippen molar-refractivity contribution in [2.45, 2.75) is 32.9 Å². The minimum atomic E-state index is -0.426. The fourth-order valence-electron chi connectivity index (χ4n) is 1.59. The van der Waals surface area contributed by atoms with Crippen LogP contribution in [0.2, 0.25) is 0 Å². The van der Waals surface area contributed by atoms with Crippen LogP contribution >= 0.6 is 0 Å². The molecule has 0 fully saturated rings. The number of rotatable bonds is 5. The average molecular weight is 238 g/mol. The maximum atomic E-state index is 12.0. The monoisotopic (exact) mass is 238 g/mol. The quantitative estimate of drug-likeness (QED) is 0.823. The van der Waals surface area contributed by atoms with Gasteiger partial charge >= 0.3 is 0 Å². The number of amides is 1. The maximum Gasteiger partial charge on any atom is 0.239 e. The van der Waals surface area contributed by atoms with E-state index in [1.807, 2.05) is 31.7 Å². The summed E-state index contributed by atoms with van der Waals surface area (Å²) in [5.41, 5.74) is 5.92. The standard InChI is InChI=1S/C12H22N4O/c1-5-9(2)11(13)12(17)16(4)8-10-14-6-7-15(10)3/h6-7,9,11H,5,8,13H2,1-4H3/t9?,11-/m0/s1. The normalized spacial score (nSPS) is 14.4. The first-order chi connectivity index (χ1) is 7.97. The SMILES string of the molecule is CCC(C)[C@H](N)C(=O)N(C)Cc1nccn1C. The molecular weight excluding hydrogens is 216 g/mol. The zero-order valence-electron chi connectivity index (χ0n) is 11.1. The molecule has 0 bridgehead atoms. The molecule has 5 heteroatoms. The number of carbonyl (C=O) groups excluding carboxylic acids is 1. The van der Waals surface area contributed by atoms with Crippen molar-refractivity contribution >= 4 is 5.91 Å². The van der Waals surface area contributed by atoms with Crippen molar-refractivity contribution in [1.82, 2.24) is 14.5 Å². The van der Waals surface area contributed by atoms with Gasteiger partial charge in [0.2, 0.25) is 5.91 Å². The van der Waals surface area contributed by atoms with Crippen LogP contribution in [0.4, 0.5) is 0 Å². The average Bonchev–Trinajstić information content (AvgIpc) is 2.72. The number of aromatic nitrogens is 2. The second kappa shape index (κ2) is 5.82. The summed E-state index contributed by atoms with van der Waals surface area (Å²) < 4.78 is 1.90. The zero-order valence-corrected chi connectivity index (χ0v) is 11.1. The van der Waals surface area contributed by atoms with Crippen molar-refractivity contribution < 1.29 is 4.79 Å². The molecule has 1 rings (SSSR count). The molecule has 1 heterocycles. The summed E-state index contributed by atoms with van der Waals surface area (Å²) in [6.45, 7) is 4.53. The molecule has 1 aromatic rings. The van der Waals surface area contributed by atoms with Crippen molar-refractivity contribution in [1.29, 1.82) is 0 Å². The summed E-state index contributed by atoms with van der Waals surface area (Å²) in [6.07, 6.45) is 4.49. The highest BCUT2D eigenvalue weighted by atomic mass is 16.2. The molecule has 2 N–H and O–H groups in total. The van der Waals surface area contributed by atoms with Crippen LogP contribution in [0, 0.1) is 5.92 Å². The van der Waals surface area contributed by atoms with E-state index in [9.17, 15) is 4.79 Å². The molecule has 2 atom stereocenters. The summed E-state index contributed by atoms with van der Waals surface area (Å²) in [4.78, 5) is 17.9. The Hall–Kier alpha value is -1.36. The Labute approximate surface area is 103 Å². The Morgan fingerprint density at radius 3 is 2.76 bits per heavy atom. The van der Waals surface area contributed by atoms with E-state index in [2.05, 4.69) is 4.98 Å². The largest absolute Gasteiger partial charge is 0.337 e. The van der Waals surface area contributed by atoms with Gasteiger partial charge in [0, 0.05) is 26.5 Å². The van der Waals surface area contributed by atoms with E-state index in [4.69, 9.17) is 5.73 Å². The van der Waals surface area contributed by atoms with E-state index >= 15 is 0 Å². The molecule has 0 radical (unpaired) electrons. The van der Waals surface area contributed by atoms with Crippen LogP contribution in [0.1, 0.15) is 26.1 Å². The number of aryl methyl sites for hydroxylation is 1. The van der Waals surface area contributed by atoms with E-state index in [1.165, 1.54) is 0 Å². The van der Waals surface area contributed by atoms with Crippen LogP contribution in [0.3, 0.4) is 0 Å². The Balaban J connectivity index is 2.61. The molecule has 0 aliphatic heterocycles. The van der Waals surface area contributed by atoms with Gasteiger partial charge in [-0.1, -0.05) is 20.3 Å². The second-order valence-electron chi connectivity index (χ2n) is 4.56. The lowest BCUT2D eigenvalue weighted by Crippen LogP contribution is -2.45. The highest BCUT2D eigenvalue weighted by Gasteiger charge is 2.23. The van der Waals surface area contributed by atoms with Crippen LogP contribution in [0.15, 0.2) is 12.4 Å².